The lowest BCUT2D eigenvalue weighted by Crippen LogP contribution is -2.29. The van der Waals surface area contributed by atoms with Crippen LogP contribution in [-0.2, 0) is 11.2 Å². The molecule has 0 radical (unpaired) electrons. The Labute approximate surface area is 223 Å². The minimum atomic E-state index is -0.276. The number of aromatic nitrogens is 3. The van der Waals surface area contributed by atoms with E-state index in [1.807, 2.05) is 74.5 Å². The van der Waals surface area contributed by atoms with Gasteiger partial charge < -0.3 is 0 Å². The van der Waals surface area contributed by atoms with E-state index in [0.29, 0.717) is 51.2 Å². The molecule has 4 aromatic rings. The smallest absolute Gasteiger partial charge is 0.236 e. The molecule has 37 heavy (non-hydrogen) atoms. The highest BCUT2D eigenvalue weighted by Crippen LogP contribution is 2.42. The molecule has 0 bridgehead atoms. The number of nitriles is 1. The summed E-state index contributed by atoms with van der Waals surface area (Å²) in [6.07, 6.45) is 1.01. The third-order valence-corrected chi connectivity index (χ3v) is 7.63. The van der Waals surface area contributed by atoms with Crippen molar-refractivity contribution in [1.29, 1.82) is 5.26 Å². The molecule has 5 rings (SSSR count). The highest BCUT2D eigenvalue weighted by atomic mass is 32.2. The first kappa shape index (κ1) is 24.8. The van der Waals surface area contributed by atoms with E-state index in [9.17, 15) is 14.9 Å². The van der Waals surface area contributed by atoms with Crippen LogP contribution < -0.4 is 5.32 Å². The highest BCUT2D eigenvalue weighted by Gasteiger charge is 2.36. The van der Waals surface area contributed by atoms with Gasteiger partial charge in [0.15, 0.2) is 11.6 Å². The van der Waals surface area contributed by atoms with Gasteiger partial charge in [-0.05, 0) is 17.4 Å². The van der Waals surface area contributed by atoms with Crippen LogP contribution in [0.4, 0.5) is 5.13 Å². The Morgan fingerprint density at radius 3 is 2.38 bits per heavy atom. The molecule has 0 fully saturated rings. The van der Waals surface area contributed by atoms with Gasteiger partial charge in [0.05, 0.1) is 17.0 Å². The number of fused-ring (bicyclic) bond motifs is 1. The van der Waals surface area contributed by atoms with Crippen molar-refractivity contribution < 1.29 is 9.59 Å². The molecule has 2 aromatic carbocycles. The number of anilines is 1. The van der Waals surface area contributed by atoms with Crippen molar-refractivity contribution in [3.63, 3.8) is 0 Å². The van der Waals surface area contributed by atoms with Gasteiger partial charge in [-0.15, -0.1) is 0 Å². The van der Waals surface area contributed by atoms with Gasteiger partial charge in [0, 0.05) is 34.6 Å². The summed E-state index contributed by atoms with van der Waals surface area (Å²) in [4.78, 5) is 35.1. The molecule has 2 heterocycles. The van der Waals surface area contributed by atoms with Crippen molar-refractivity contribution in [1.82, 2.24) is 14.3 Å². The number of thioether (sulfide) groups is 1. The second-order valence-electron chi connectivity index (χ2n) is 9.53. The SMILES string of the molecule is CC1(C)CC(=O)c2c(nc(SCC(=O)Nc3nc(-c4ccccc4)ns3)c(C#N)c2-c2ccccc2)C1. The summed E-state index contributed by atoms with van der Waals surface area (Å²) in [6, 6.07) is 21.2. The van der Waals surface area contributed by atoms with Gasteiger partial charge in [0.2, 0.25) is 11.0 Å². The Morgan fingerprint density at radius 1 is 1.03 bits per heavy atom. The van der Waals surface area contributed by atoms with Crippen molar-refractivity contribution in [3.8, 4) is 28.6 Å². The van der Waals surface area contributed by atoms with Gasteiger partial charge >= 0.3 is 0 Å². The molecule has 0 saturated heterocycles. The van der Waals surface area contributed by atoms with Crippen LogP contribution in [-0.4, -0.2) is 31.8 Å². The summed E-state index contributed by atoms with van der Waals surface area (Å²) < 4.78 is 4.32. The van der Waals surface area contributed by atoms with E-state index < -0.39 is 0 Å². The Morgan fingerprint density at radius 2 is 1.70 bits per heavy atom. The standard InChI is InChI=1S/C28H23N5O2S2/c1-28(2)13-20-24(21(34)14-28)23(17-9-5-3-6-10-17)19(15-29)26(30-20)36-16-22(35)31-27-32-25(33-37-27)18-11-7-4-8-12-18/h3-12H,13-14,16H2,1-2H3,(H,31,32,33,35). The number of pyridine rings is 1. The highest BCUT2D eigenvalue weighted by molar-refractivity contribution is 8.00. The average molecular weight is 526 g/mol. The number of carbonyl (C=O) groups excluding carboxylic acids is 2. The van der Waals surface area contributed by atoms with E-state index in [0.717, 1.165) is 22.7 Å². The maximum atomic E-state index is 13.2. The molecule has 0 atom stereocenters. The maximum Gasteiger partial charge on any atom is 0.236 e. The van der Waals surface area contributed by atoms with Gasteiger partial charge in [-0.25, -0.2) is 4.98 Å². The zero-order valence-corrected chi connectivity index (χ0v) is 21.9. The molecule has 184 valence electrons. The van der Waals surface area contributed by atoms with Gasteiger partial charge in [-0.3, -0.25) is 14.9 Å². The number of rotatable bonds is 6. The number of Topliss-reactive ketones (excluding diaryl/α,β-unsaturated/α-hetero) is 1. The Kier molecular flexibility index (Phi) is 6.87. The molecule has 0 unspecified atom stereocenters. The van der Waals surface area contributed by atoms with Crippen molar-refractivity contribution in [2.75, 3.05) is 11.1 Å². The van der Waals surface area contributed by atoms with Crippen LogP contribution in [0.5, 0.6) is 0 Å². The van der Waals surface area contributed by atoms with Crippen molar-refractivity contribution >= 4 is 40.1 Å². The first-order valence-electron chi connectivity index (χ1n) is 11.7. The molecule has 0 saturated carbocycles. The molecular formula is C28H23N5O2S2. The monoisotopic (exact) mass is 525 g/mol. The zero-order valence-electron chi connectivity index (χ0n) is 20.3. The lowest BCUT2D eigenvalue weighted by atomic mass is 9.73. The fraction of sp³-hybridized carbons (Fsp3) is 0.214. The van der Waals surface area contributed by atoms with Gasteiger partial charge in [0.1, 0.15) is 11.1 Å². The number of nitrogens with one attached hydrogen (secondary N) is 1. The van der Waals surface area contributed by atoms with Gasteiger partial charge in [-0.1, -0.05) is 86.3 Å². The molecule has 0 spiro atoms. The number of amides is 1. The molecule has 7 nitrogen and oxygen atoms in total. The lowest BCUT2D eigenvalue weighted by Gasteiger charge is -2.31. The molecule has 1 aliphatic carbocycles. The van der Waals surface area contributed by atoms with E-state index in [-0.39, 0.29) is 22.9 Å². The fourth-order valence-electron chi connectivity index (χ4n) is 4.45. The summed E-state index contributed by atoms with van der Waals surface area (Å²) >= 11 is 2.30. The predicted molar refractivity (Wildman–Crippen MR) is 146 cm³/mol. The van der Waals surface area contributed by atoms with Crippen molar-refractivity contribution in [2.24, 2.45) is 5.41 Å². The Bertz CT molecular complexity index is 1530. The van der Waals surface area contributed by atoms with Crippen LogP contribution >= 0.6 is 23.3 Å². The van der Waals surface area contributed by atoms with E-state index in [2.05, 4.69) is 20.7 Å². The van der Waals surface area contributed by atoms with Crippen molar-refractivity contribution in [2.45, 2.75) is 31.7 Å². The summed E-state index contributed by atoms with van der Waals surface area (Å²) in [5.41, 5.74) is 3.56. The number of ketones is 1. The number of hydrogen-bond acceptors (Lipinski definition) is 8. The second kappa shape index (κ2) is 10.2. The quantitative estimate of drug-likeness (QED) is 0.306. The largest absolute Gasteiger partial charge is 0.300 e. The molecular weight excluding hydrogens is 502 g/mol. The zero-order chi connectivity index (χ0) is 26.0. The number of nitrogens with zero attached hydrogens (tertiary/aromatic N) is 4. The summed E-state index contributed by atoms with van der Waals surface area (Å²) in [5.74, 6) is 0.305. The normalized spacial score (nSPS) is 14.0. The summed E-state index contributed by atoms with van der Waals surface area (Å²) in [7, 11) is 0. The molecule has 0 aliphatic heterocycles. The third kappa shape index (κ3) is 5.31. The lowest BCUT2D eigenvalue weighted by molar-refractivity contribution is -0.113. The van der Waals surface area contributed by atoms with Crippen LogP contribution in [0, 0.1) is 16.7 Å². The molecule has 9 heteroatoms. The Balaban J connectivity index is 1.42. The van der Waals surface area contributed by atoms with Crippen LogP contribution in [0.3, 0.4) is 0 Å². The first-order valence-corrected chi connectivity index (χ1v) is 13.5. The minimum Gasteiger partial charge on any atom is -0.300 e. The number of carbonyl (C=O) groups is 2. The first-order chi connectivity index (χ1) is 17.8. The summed E-state index contributed by atoms with van der Waals surface area (Å²) in [5, 5.41) is 13.8. The van der Waals surface area contributed by atoms with Crippen molar-refractivity contribution in [3.05, 3.63) is 77.5 Å². The molecule has 2 aromatic heterocycles. The van der Waals surface area contributed by atoms with Crippen LogP contribution in [0.2, 0.25) is 0 Å². The van der Waals surface area contributed by atoms with Crippen LogP contribution in [0.25, 0.3) is 22.5 Å². The van der Waals surface area contributed by atoms with Crippen LogP contribution in [0.1, 0.15) is 41.9 Å². The number of benzene rings is 2. The van der Waals surface area contributed by atoms with E-state index in [1.54, 1.807) is 0 Å². The molecule has 1 N–H and O–H groups in total. The molecule has 1 aliphatic rings. The Hall–Kier alpha value is -3.87. The predicted octanol–water partition coefficient (Wildman–Crippen LogP) is 6.02. The topological polar surface area (TPSA) is 109 Å². The summed E-state index contributed by atoms with van der Waals surface area (Å²) in [6.45, 7) is 4.09. The molecule has 1 amide bonds. The van der Waals surface area contributed by atoms with E-state index >= 15 is 0 Å². The van der Waals surface area contributed by atoms with Crippen LogP contribution in [0.15, 0.2) is 65.7 Å². The average Bonchev–Trinajstić information content (AvgIpc) is 3.35. The second-order valence-corrected chi connectivity index (χ2v) is 11.2. The van der Waals surface area contributed by atoms with E-state index in [4.69, 9.17) is 4.98 Å². The minimum absolute atomic E-state index is 0.00566. The fourth-order valence-corrected chi connectivity index (χ4v) is 5.86. The van der Waals surface area contributed by atoms with E-state index in [1.165, 1.54) is 11.8 Å². The van der Waals surface area contributed by atoms with Gasteiger partial charge in [0.25, 0.3) is 0 Å². The third-order valence-electron chi connectivity index (χ3n) is 6.02. The maximum absolute atomic E-state index is 13.2. The van der Waals surface area contributed by atoms with Gasteiger partial charge in [-0.2, -0.15) is 14.6 Å². The number of hydrogen-bond donors (Lipinski definition) is 1.